The molecule has 1 amide bonds. The molecule has 2 heterocycles. The number of rotatable bonds is 7. The minimum Gasteiger partial charge on any atom is -0.496 e. The Kier molecular flexibility index (Phi) is 8.01. The van der Waals surface area contributed by atoms with Crippen molar-refractivity contribution in [2.45, 2.75) is 32.7 Å². The molecule has 9 heteroatoms. The summed E-state index contributed by atoms with van der Waals surface area (Å²) in [6.45, 7) is 6.28. The Bertz CT molecular complexity index is 841. The molecule has 3 rings (SSSR count). The standard InChI is InChI=1S/C21H32ClN3O4S/c1-3-13-30(27,28)25-8-4-5-17(16-25)21(26)24-11-9-23(10-12-24)15-18-14-19(22)6-7-20(18)29-2/h6-7,14,17H,3-5,8-13,15-16H2,1-2H3. The zero-order valence-electron chi connectivity index (χ0n) is 17.8. The minimum atomic E-state index is -3.25. The summed E-state index contributed by atoms with van der Waals surface area (Å²) in [5.41, 5.74) is 1.04. The first-order valence-corrected chi connectivity index (χ1v) is 12.6. The maximum Gasteiger partial charge on any atom is 0.227 e. The second kappa shape index (κ2) is 10.3. The highest BCUT2D eigenvalue weighted by atomic mass is 35.5. The van der Waals surface area contributed by atoms with Crippen molar-refractivity contribution in [2.75, 3.05) is 52.1 Å². The third-order valence-corrected chi connectivity index (χ3v) is 8.19. The van der Waals surface area contributed by atoms with E-state index in [0.717, 1.165) is 43.8 Å². The Balaban J connectivity index is 1.55. The van der Waals surface area contributed by atoms with Gasteiger partial charge in [0.1, 0.15) is 5.75 Å². The number of piperazine rings is 1. The van der Waals surface area contributed by atoms with Crippen LogP contribution in [0.15, 0.2) is 18.2 Å². The average Bonchev–Trinajstić information content (AvgIpc) is 2.74. The van der Waals surface area contributed by atoms with Crippen LogP contribution in [0.4, 0.5) is 0 Å². The lowest BCUT2D eigenvalue weighted by Crippen LogP contribution is -2.52. The number of carbonyl (C=O) groups excluding carboxylic acids is 1. The van der Waals surface area contributed by atoms with Gasteiger partial charge in [-0.3, -0.25) is 9.69 Å². The van der Waals surface area contributed by atoms with E-state index >= 15 is 0 Å². The summed E-state index contributed by atoms with van der Waals surface area (Å²) < 4.78 is 31.7. The molecule has 2 fully saturated rings. The van der Waals surface area contributed by atoms with Crippen molar-refractivity contribution in [2.24, 2.45) is 5.92 Å². The molecule has 0 bridgehead atoms. The lowest BCUT2D eigenvalue weighted by molar-refractivity contribution is -0.138. The maximum absolute atomic E-state index is 13.0. The van der Waals surface area contributed by atoms with Crippen molar-refractivity contribution in [3.05, 3.63) is 28.8 Å². The minimum absolute atomic E-state index is 0.0892. The van der Waals surface area contributed by atoms with Gasteiger partial charge in [-0.1, -0.05) is 18.5 Å². The maximum atomic E-state index is 13.0. The van der Waals surface area contributed by atoms with E-state index in [1.807, 2.05) is 30.0 Å². The predicted octanol–water partition coefficient (Wildman–Crippen LogP) is 2.44. The Labute approximate surface area is 185 Å². The van der Waals surface area contributed by atoms with Crippen LogP contribution in [0.25, 0.3) is 0 Å². The lowest BCUT2D eigenvalue weighted by atomic mass is 9.97. The number of ether oxygens (including phenoxy) is 1. The van der Waals surface area contributed by atoms with Crippen LogP contribution in [0.3, 0.4) is 0 Å². The fraction of sp³-hybridized carbons (Fsp3) is 0.667. The van der Waals surface area contributed by atoms with Crippen LogP contribution >= 0.6 is 11.6 Å². The van der Waals surface area contributed by atoms with Crippen LogP contribution in [0.2, 0.25) is 5.02 Å². The molecule has 0 aromatic heterocycles. The van der Waals surface area contributed by atoms with Crippen molar-refractivity contribution in [3.63, 3.8) is 0 Å². The SMILES string of the molecule is CCCS(=O)(=O)N1CCCC(C(=O)N2CCN(Cc3cc(Cl)ccc3OC)CC2)C1. The van der Waals surface area contributed by atoms with Crippen LogP contribution in [-0.2, 0) is 21.4 Å². The fourth-order valence-electron chi connectivity index (χ4n) is 4.28. The van der Waals surface area contributed by atoms with E-state index in [4.69, 9.17) is 16.3 Å². The van der Waals surface area contributed by atoms with E-state index in [0.29, 0.717) is 37.6 Å². The molecule has 0 radical (unpaired) electrons. The lowest BCUT2D eigenvalue weighted by Gasteiger charge is -2.38. The summed E-state index contributed by atoms with van der Waals surface area (Å²) in [5, 5.41) is 0.680. The number of halogens is 1. The number of carbonyl (C=O) groups is 1. The van der Waals surface area contributed by atoms with Crippen molar-refractivity contribution in [3.8, 4) is 5.75 Å². The number of hydrogen-bond donors (Lipinski definition) is 0. The Morgan fingerprint density at radius 2 is 1.93 bits per heavy atom. The molecule has 1 unspecified atom stereocenters. The van der Waals surface area contributed by atoms with Gasteiger partial charge in [0.05, 0.1) is 18.8 Å². The van der Waals surface area contributed by atoms with Crippen LogP contribution < -0.4 is 4.74 Å². The number of methoxy groups -OCH3 is 1. The number of piperidine rings is 1. The van der Waals surface area contributed by atoms with Gasteiger partial charge in [0.25, 0.3) is 0 Å². The average molecular weight is 458 g/mol. The first-order chi connectivity index (χ1) is 14.3. The fourth-order valence-corrected chi connectivity index (χ4v) is 6.06. The summed E-state index contributed by atoms with van der Waals surface area (Å²) in [6, 6.07) is 5.61. The first-order valence-electron chi connectivity index (χ1n) is 10.7. The predicted molar refractivity (Wildman–Crippen MR) is 118 cm³/mol. The van der Waals surface area contributed by atoms with E-state index in [-0.39, 0.29) is 17.6 Å². The molecule has 0 N–H and O–H groups in total. The molecular formula is C21H32ClN3O4S. The Morgan fingerprint density at radius 1 is 1.20 bits per heavy atom. The Hall–Kier alpha value is -1.35. The zero-order valence-corrected chi connectivity index (χ0v) is 19.4. The van der Waals surface area contributed by atoms with Gasteiger partial charge in [-0.2, -0.15) is 0 Å². The summed E-state index contributed by atoms with van der Waals surface area (Å²) in [6.07, 6.45) is 2.10. The topological polar surface area (TPSA) is 70.2 Å². The van der Waals surface area contributed by atoms with Gasteiger partial charge in [-0.25, -0.2) is 12.7 Å². The van der Waals surface area contributed by atoms with E-state index in [1.165, 1.54) is 4.31 Å². The number of sulfonamides is 1. The smallest absolute Gasteiger partial charge is 0.227 e. The highest BCUT2D eigenvalue weighted by Crippen LogP contribution is 2.26. The van der Waals surface area contributed by atoms with Crippen LogP contribution in [-0.4, -0.2) is 80.6 Å². The van der Waals surface area contributed by atoms with E-state index in [2.05, 4.69) is 4.90 Å². The van der Waals surface area contributed by atoms with Crippen molar-refractivity contribution in [1.29, 1.82) is 0 Å². The summed E-state index contributed by atoms with van der Waals surface area (Å²) in [4.78, 5) is 17.2. The highest BCUT2D eigenvalue weighted by molar-refractivity contribution is 7.89. The molecular weight excluding hydrogens is 426 g/mol. The van der Waals surface area contributed by atoms with Crippen molar-refractivity contribution < 1.29 is 17.9 Å². The molecule has 0 saturated carbocycles. The largest absolute Gasteiger partial charge is 0.496 e. The third kappa shape index (κ3) is 5.66. The van der Waals surface area contributed by atoms with Gasteiger partial charge < -0.3 is 9.64 Å². The second-order valence-corrected chi connectivity index (χ2v) is 10.6. The number of nitrogens with zero attached hydrogens (tertiary/aromatic N) is 3. The second-order valence-electron chi connectivity index (χ2n) is 8.07. The molecule has 168 valence electrons. The van der Waals surface area contributed by atoms with Gasteiger partial charge in [0.2, 0.25) is 15.9 Å². The highest BCUT2D eigenvalue weighted by Gasteiger charge is 2.34. The zero-order chi connectivity index (χ0) is 21.7. The van der Waals surface area contributed by atoms with E-state index in [1.54, 1.807) is 7.11 Å². The number of hydrogen-bond acceptors (Lipinski definition) is 5. The summed E-state index contributed by atoms with van der Waals surface area (Å²) in [7, 11) is -1.60. The van der Waals surface area contributed by atoms with Crippen molar-refractivity contribution >= 4 is 27.5 Å². The quantitative estimate of drug-likeness (QED) is 0.629. The van der Waals surface area contributed by atoms with Gasteiger partial charge in [-0.05, 0) is 37.5 Å². The summed E-state index contributed by atoms with van der Waals surface area (Å²) in [5.74, 6) is 0.823. The molecule has 1 aromatic carbocycles. The van der Waals surface area contributed by atoms with Crippen LogP contribution in [0.1, 0.15) is 31.7 Å². The molecule has 2 aliphatic rings. The first kappa shape index (κ1) is 23.3. The van der Waals surface area contributed by atoms with Gasteiger partial charge in [0, 0.05) is 56.4 Å². The van der Waals surface area contributed by atoms with E-state index in [9.17, 15) is 13.2 Å². The van der Waals surface area contributed by atoms with Gasteiger partial charge in [-0.15, -0.1) is 0 Å². The van der Waals surface area contributed by atoms with Crippen LogP contribution in [0, 0.1) is 5.92 Å². The molecule has 0 aliphatic carbocycles. The molecule has 0 spiro atoms. The van der Waals surface area contributed by atoms with E-state index < -0.39 is 10.0 Å². The van der Waals surface area contributed by atoms with Gasteiger partial charge >= 0.3 is 0 Å². The monoisotopic (exact) mass is 457 g/mol. The number of amides is 1. The molecule has 30 heavy (non-hydrogen) atoms. The Morgan fingerprint density at radius 3 is 2.60 bits per heavy atom. The van der Waals surface area contributed by atoms with Crippen LogP contribution in [0.5, 0.6) is 5.75 Å². The number of benzene rings is 1. The molecule has 2 saturated heterocycles. The molecule has 2 aliphatic heterocycles. The molecule has 1 atom stereocenters. The van der Waals surface area contributed by atoms with Gasteiger partial charge in [0.15, 0.2) is 0 Å². The molecule has 7 nitrogen and oxygen atoms in total. The summed E-state index contributed by atoms with van der Waals surface area (Å²) >= 11 is 6.13. The third-order valence-electron chi connectivity index (χ3n) is 5.91. The van der Waals surface area contributed by atoms with Crippen molar-refractivity contribution in [1.82, 2.24) is 14.1 Å². The normalized spacial score (nSPS) is 21.6. The molecule has 1 aromatic rings.